The molecule has 27 heavy (non-hydrogen) atoms. The summed E-state index contributed by atoms with van der Waals surface area (Å²) in [5.41, 5.74) is 0.333. The van der Waals surface area contributed by atoms with E-state index in [-0.39, 0.29) is 5.76 Å². The maximum absolute atomic E-state index is 13.6. The summed E-state index contributed by atoms with van der Waals surface area (Å²) < 4.78 is 37.8. The zero-order valence-corrected chi connectivity index (χ0v) is 15.1. The van der Waals surface area contributed by atoms with E-state index in [1.807, 2.05) is 0 Å². The molecule has 0 saturated heterocycles. The molecule has 0 bridgehead atoms. The molecule has 1 amide bonds. The van der Waals surface area contributed by atoms with Gasteiger partial charge in [0.1, 0.15) is 22.9 Å². The van der Waals surface area contributed by atoms with E-state index in [2.05, 4.69) is 5.32 Å². The van der Waals surface area contributed by atoms with Crippen molar-refractivity contribution in [3.05, 3.63) is 64.4 Å². The molecule has 1 heterocycles. The Morgan fingerprint density at radius 2 is 1.85 bits per heavy atom. The lowest BCUT2D eigenvalue weighted by atomic mass is 10.1. The first-order valence-corrected chi connectivity index (χ1v) is 8.30. The lowest BCUT2D eigenvalue weighted by Gasteiger charge is -2.13. The van der Waals surface area contributed by atoms with Crippen molar-refractivity contribution < 1.29 is 27.5 Å². The van der Waals surface area contributed by atoms with Crippen LogP contribution in [0.3, 0.4) is 0 Å². The lowest BCUT2D eigenvalue weighted by Crippen LogP contribution is -2.30. The molecular formula is C19H14ClF2NO4. The van der Waals surface area contributed by atoms with Gasteiger partial charge in [0.2, 0.25) is 5.76 Å². The summed E-state index contributed by atoms with van der Waals surface area (Å²) in [5, 5.41) is 3.19. The van der Waals surface area contributed by atoms with Crippen molar-refractivity contribution in [2.75, 3.05) is 5.32 Å². The van der Waals surface area contributed by atoms with Crippen LogP contribution < -0.4 is 5.32 Å². The molecule has 1 N–H and O–H groups in total. The van der Waals surface area contributed by atoms with Crippen molar-refractivity contribution in [3.63, 3.8) is 0 Å². The van der Waals surface area contributed by atoms with Crippen molar-refractivity contribution in [1.82, 2.24) is 0 Å². The van der Waals surface area contributed by atoms with Gasteiger partial charge in [0.25, 0.3) is 5.91 Å². The van der Waals surface area contributed by atoms with Gasteiger partial charge in [0, 0.05) is 16.0 Å². The number of rotatable bonds is 4. The lowest BCUT2D eigenvalue weighted by molar-refractivity contribution is -0.123. The minimum atomic E-state index is -1.31. The van der Waals surface area contributed by atoms with Gasteiger partial charge in [0.15, 0.2) is 6.10 Å². The number of esters is 1. The maximum atomic E-state index is 13.6. The van der Waals surface area contributed by atoms with E-state index in [0.717, 1.165) is 12.1 Å². The number of hydrogen-bond acceptors (Lipinski definition) is 4. The first-order chi connectivity index (χ1) is 12.8. The number of furan rings is 1. The minimum Gasteiger partial charge on any atom is -0.449 e. The van der Waals surface area contributed by atoms with Crippen LogP contribution in [0.5, 0.6) is 0 Å². The predicted molar refractivity (Wildman–Crippen MR) is 95.8 cm³/mol. The average molecular weight is 394 g/mol. The summed E-state index contributed by atoms with van der Waals surface area (Å²) in [6, 6.07) is 8.03. The number of aryl methyl sites for hydroxylation is 1. The Morgan fingerprint density at radius 3 is 2.52 bits per heavy atom. The number of carbonyl (C=O) groups is 2. The highest BCUT2D eigenvalue weighted by molar-refractivity contribution is 6.31. The Labute approximate surface area is 157 Å². The van der Waals surface area contributed by atoms with Crippen LogP contribution in [0.2, 0.25) is 5.02 Å². The Morgan fingerprint density at radius 1 is 1.19 bits per heavy atom. The maximum Gasteiger partial charge on any atom is 0.375 e. The second-order valence-electron chi connectivity index (χ2n) is 5.83. The molecule has 2 aromatic carbocycles. The van der Waals surface area contributed by atoms with E-state index in [9.17, 15) is 18.4 Å². The summed E-state index contributed by atoms with van der Waals surface area (Å²) in [7, 11) is 0. The molecule has 0 fully saturated rings. The Bertz CT molecular complexity index is 1030. The van der Waals surface area contributed by atoms with Gasteiger partial charge in [-0.05, 0) is 44.2 Å². The highest BCUT2D eigenvalue weighted by Crippen LogP contribution is 2.28. The molecule has 8 heteroatoms. The van der Waals surface area contributed by atoms with Crippen molar-refractivity contribution in [3.8, 4) is 0 Å². The first kappa shape index (κ1) is 18.8. The molecule has 1 aromatic heterocycles. The van der Waals surface area contributed by atoms with E-state index in [4.69, 9.17) is 20.8 Å². The van der Waals surface area contributed by atoms with Crippen molar-refractivity contribution >= 4 is 40.1 Å². The Hall–Kier alpha value is -2.93. The van der Waals surface area contributed by atoms with Crippen molar-refractivity contribution in [1.29, 1.82) is 0 Å². The fraction of sp³-hybridized carbons (Fsp3) is 0.158. The molecule has 0 aliphatic carbocycles. The first-order valence-electron chi connectivity index (χ1n) is 7.92. The largest absolute Gasteiger partial charge is 0.449 e. The van der Waals surface area contributed by atoms with Crippen LogP contribution in [0.25, 0.3) is 11.0 Å². The van der Waals surface area contributed by atoms with E-state index in [1.54, 1.807) is 25.1 Å². The molecule has 0 aliphatic rings. The van der Waals surface area contributed by atoms with Crippen LogP contribution in [0.15, 0.2) is 40.8 Å². The quantitative estimate of drug-likeness (QED) is 0.643. The second-order valence-corrected chi connectivity index (χ2v) is 6.27. The molecule has 0 spiro atoms. The predicted octanol–water partition coefficient (Wildman–Crippen LogP) is 4.86. The zero-order chi connectivity index (χ0) is 19.7. The van der Waals surface area contributed by atoms with Crippen LogP contribution in [-0.4, -0.2) is 18.0 Å². The van der Waals surface area contributed by atoms with Gasteiger partial charge in [-0.3, -0.25) is 4.79 Å². The van der Waals surface area contributed by atoms with E-state index in [1.165, 1.54) is 13.0 Å². The van der Waals surface area contributed by atoms with Gasteiger partial charge in [-0.1, -0.05) is 17.7 Å². The van der Waals surface area contributed by atoms with Crippen molar-refractivity contribution in [2.24, 2.45) is 0 Å². The van der Waals surface area contributed by atoms with E-state index in [0.29, 0.717) is 21.6 Å². The third kappa shape index (κ3) is 3.78. The summed E-state index contributed by atoms with van der Waals surface area (Å²) in [5.74, 6) is -3.72. The summed E-state index contributed by atoms with van der Waals surface area (Å²) >= 11 is 5.94. The number of halogens is 3. The fourth-order valence-electron chi connectivity index (χ4n) is 2.50. The summed E-state index contributed by atoms with van der Waals surface area (Å²) in [6.45, 7) is 2.93. The molecule has 0 saturated carbocycles. The molecule has 3 rings (SSSR count). The number of anilines is 1. The van der Waals surface area contributed by atoms with Crippen LogP contribution >= 0.6 is 11.6 Å². The Balaban J connectivity index is 1.76. The molecule has 3 aromatic rings. The highest BCUT2D eigenvalue weighted by Gasteiger charge is 2.25. The fourth-order valence-corrected chi connectivity index (χ4v) is 2.67. The molecule has 140 valence electrons. The van der Waals surface area contributed by atoms with Gasteiger partial charge in [0.05, 0.1) is 0 Å². The van der Waals surface area contributed by atoms with Crippen LogP contribution in [0.1, 0.15) is 23.0 Å². The monoisotopic (exact) mass is 393 g/mol. The van der Waals surface area contributed by atoms with Gasteiger partial charge in [-0.25, -0.2) is 13.6 Å². The Kier molecular flexibility index (Phi) is 5.14. The topological polar surface area (TPSA) is 68.5 Å². The molecule has 0 aliphatic heterocycles. The zero-order valence-electron chi connectivity index (χ0n) is 14.3. The summed E-state index contributed by atoms with van der Waals surface area (Å²) in [4.78, 5) is 24.5. The van der Waals surface area contributed by atoms with Gasteiger partial charge >= 0.3 is 5.97 Å². The highest BCUT2D eigenvalue weighted by atomic mass is 35.5. The number of para-hydroxylation sites is 1. The van der Waals surface area contributed by atoms with Crippen LogP contribution in [0, 0.1) is 18.6 Å². The van der Waals surface area contributed by atoms with Crippen LogP contribution in [-0.2, 0) is 9.53 Å². The van der Waals surface area contributed by atoms with Crippen LogP contribution in [0.4, 0.5) is 14.5 Å². The van der Waals surface area contributed by atoms with Crippen molar-refractivity contribution in [2.45, 2.75) is 20.0 Å². The number of ether oxygens (including phenoxy) is 1. The second kappa shape index (κ2) is 7.36. The van der Waals surface area contributed by atoms with E-state index >= 15 is 0 Å². The smallest absolute Gasteiger partial charge is 0.375 e. The average Bonchev–Trinajstić information content (AvgIpc) is 2.94. The molecule has 5 nitrogen and oxygen atoms in total. The number of nitrogens with one attached hydrogen (secondary N) is 1. The normalized spacial score (nSPS) is 12.0. The molecule has 0 radical (unpaired) electrons. The number of benzene rings is 2. The summed E-state index contributed by atoms with van der Waals surface area (Å²) in [6.07, 6.45) is -1.31. The van der Waals surface area contributed by atoms with Gasteiger partial charge in [-0.15, -0.1) is 0 Å². The third-order valence-corrected chi connectivity index (χ3v) is 4.18. The molecule has 1 atom stereocenters. The number of hydrogen-bond donors (Lipinski definition) is 1. The SMILES string of the molecule is Cc1c(C(=O)O[C@H](C)C(=O)Nc2c(F)cccc2F)oc2ccc(Cl)cc12. The van der Waals surface area contributed by atoms with E-state index < -0.39 is 35.3 Å². The number of fused-ring (bicyclic) bond motifs is 1. The third-order valence-electron chi connectivity index (χ3n) is 3.95. The molecule has 0 unspecified atom stereocenters. The van der Waals surface area contributed by atoms with Gasteiger partial charge in [-0.2, -0.15) is 0 Å². The number of carbonyl (C=O) groups excluding carboxylic acids is 2. The minimum absolute atomic E-state index is 0.0796. The standard InChI is InChI=1S/C19H14ClF2NO4/c1-9-12-8-11(20)6-7-15(12)27-17(9)19(25)26-10(2)18(24)23-16-13(21)4-3-5-14(16)22/h3-8,10H,1-2H3,(H,23,24)/t10-/m1/s1. The van der Waals surface area contributed by atoms with Gasteiger partial charge < -0.3 is 14.5 Å². The number of amides is 1. The molecular weight excluding hydrogens is 380 g/mol.